The van der Waals surface area contributed by atoms with E-state index in [0.717, 1.165) is 17.8 Å². The van der Waals surface area contributed by atoms with Gasteiger partial charge in [0.05, 0.1) is 16.7 Å². The van der Waals surface area contributed by atoms with Crippen LogP contribution in [-0.4, -0.2) is 21.0 Å². The minimum atomic E-state index is -4.42. The van der Waals surface area contributed by atoms with Gasteiger partial charge in [-0.1, -0.05) is 0 Å². The van der Waals surface area contributed by atoms with Gasteiger partial charge in [-0.05, 0) is 31.2 Å². The van der Waals surface area contributed by atoms with Crippen LogP contribution in [0.5, 0.6) is 0 Å². The molecule has 4 rings (SSSR count). The molecule has 0 saturated carbocycles. The van der Waals surface area contributed by atoms with E-state index in [4.69, 9.17) is 4.42 Å². The zero-order valence-corrected chi connectivity index (χ0v) is 13.2. The Morgan fingerprint density at radius 3 is 2.84 bits per heavy atom. The van der Waals surface area contributed by atoms with Gasteiger partial charge in [-0.2, -0.15) is 18.3 Å². The number of benzene rings is 1. The Balaban J connectivity index is 1.83. The van der Waals surface area contributed by atoms with E-state index in [1.165, 1.54) is 6.07 Å². The smallest absolute Gasteiger partial charge is 0.416 e. The van der Waals surface area contributed by atoms with Gasteiger partial charge in [-0.25, -0.2) is 9.67 Å². The summed E-state index contributed by atoms with van der Waals surface area (Å²) in [7, 11) is 0. The quantitative estimate of drug-likeness (QED) is 0.696. The molecule has 0 aliphatic carbocycles. The van der Waals surface area contributed by atoms with Crippen molar-refractivity contribution in [2.24, 2.45) is 4.99 Å². The van der Waals surface area contributed by atoms with E-state index in [1.807, 2.05) is 6.92 Å². The first kappa shape index (κ1) is 15.6. The molecule has 0 spiro atoms. The van der Waals surface area contributed by atoms with Crippen LogP contribution in [0.1, 0.15) is 24.8 Å². The highest BCUT2D eigenvalue weighted by Crippen LogP contribution is 2.40. The average Bonchev–Trinajstić information content (AvgIpc) is 3.23. The van der Waals surface area contributed by atoms with Gasteiger partial charge in [0.2, 0.25) is 5.89 Å². The largest absolute Gasteiger partial charge is 0.440 e. The number of allylic oxidation sites excluding steroid dienone is 1. The van der Waals surface area contributed by atoms with Crippen LogP contribution in [0.3, 0.4) is 0 Å². The van der Waals surface area contributed by atoms with Crippen LogP contribution in [0.4, 0.5) is 13.2 Å². The monoisotopic (exact) mass is 346 g/mol. The maximum absolute atomic E-state index is 12.9. The van der Waals surface area contributed by atoms with Crippen molar-refractivity contribution in [3.63, 3.8) is 0 Å². The van der Waals surface area contributed by atoms with Crippen LogP contribution in [-0.2, 0) is 11.6 Å². The van der Waals surface area contributed by atoms with E-state index < -0.39 is 17.2 Å². The summed E-state index contributed by atoms with van der Waals surface area (Å²) in [6.07, 6.45) is 2.87. The van der Waals surface area contributed by atoms with Crippen LogP contribution in [0.25, 0.3) is 16.8 Å². The Labute approximate surface area is 140 Å². The molecule has 3 heterocycles. The lowest BCUT2D eigenvalue weighted by molar-refractivity contribution is -0.137. The number of fused-ring (bicyclic) bond motifs is 1. The van der Waals surface area contributed by atoms with E-state index in [2.05, 4.69) is 15.1 Å². The van der Waals surface area contributed by atoms with Crippen molar-refractivity contribution < 1.29 is 17.6 Å². The number of rotatable bonds is 2. The Morgan fingerprint density at radius 1 is 1.28 bits per heavy atom. The first-order valence-electron chi connectivity index (χ1n) is 7.58. The van der Waals surface area contributed by atoms with E-state index in [1.54, 1.807) is 35.6 Å². The summed E-state index contributed by atoms with van der Waals surface area (Å²) in [5.41, 5.74) is -0.217. The zero-order chi connectivity index (χ0) is 17.7. The minimum Gasteiger partial charge on any atom is -0.440 e. The van der Waals surface area contributed by atoms with Crippen molar-refractivity contribution >= 4 is 23.0 Å². The number of nitrogens with zero attached hydrogens (tertiary/aromatic N) is 4. The maximum atomic E-state index is 12.9. The van der Waals surface area contributed by atoms with E-state index in [9.17, 15) is 13.2 Å². The van der Waals surface area contributed by atoms with E-state index >= 15 is 0 Å². The van der Waals surface area contributed by atoms with Gasteiger partial charge in [-0.15, -0.1) is 0 Å². The first-order chi connectivity index (χ1) is 11.9. The Kier molecular flexibility index (Phi) is 3.31. The fourth-order valence-electron chi connectivity index (χ4n) is 2.87. The third-order valence-electron chi connectivity index (χ3n) is 4.31. The number of alkyl halides is 3. The molecule has 1 aromatic carbocycles. The van der Waals surface area contributed by atoms with Gasteiger partial charge < -0.3 is 4.42 Å². The van der Waals surface area contributed by atoms with Crippen molar-refractivity contribution in [3.8, 4) is 0 Å². The molecule has 1 aliphatic rings. The first-order valence-corrected chi connectivity index (χ1v) is 7.58. The molecule has 1 aliphatic heterocycles. The third-order valence-corrected chi connectivity index (χ3v) is 4.31. The molecule has 8 heteroatoms. The van der Waals surface area contributed by atoms with E-state index in [-0.39, 0.29) is 5.52 Å². The Morgan fingerprint density at radius 2 is 2.12 bits per heavy atom. The second kappa shape index (κ2) is 5.30. The summed E-state index contributed by atoms with van der Waals surface area (Å²) in [5, 5.41) is 4.22. The van der Waals surface area contributed by atoms with Crippen LogP contribution in [0.15, 0.2) is 52.3 Å². The van der Waals surface area contributed by atoms with Gasteiger partial charge in [0.15, 0.2) is 5.58 Å². The SMILES string of the molecule is CC1(c2nc3cc(C(F)(F)F)ccc3o2)CC=NC=C1n1cccn1. The van der Waals surface area contributed by atoms with Crippen molar-refractivity contribution in [1.82, 2.24) is 14.8 Å². The molecule has 5 nitrogen and oxygen atoms in total. The van der Waals surface area contributed by atoms with Crippen LogP contribution >= 0.6 is 0 Å². The highest BCUT2D eigenvalue weighted by molar-refractivity contribution is 5.77. The van der Waals surface area contributed by atoms with Gasteiger partial charge >= 0.3 is 6.18 Å². The Hall–Kier alpha value is -2.90. The van der Waals surface area contributed by atoms with E-state index in [0.29, 0.717) is 17.9 Å². The number of aliphatic imine (C=N–C) groups is 1. The highest BCUT2D eigenvalue weighted by atomic mass is 19.4. The normalized spacial score (nSPS) is 20.9. The second-order valence-corrected chi connectivity index (χ2v) is 6.03. The summed E-state index contributed by atoms with van der Waals surface area (Å²) in [4.78, 5) is 8.50. The number of aromatic nitrogens is 3. The molecule has 0 N–H and O–H groups in total. The molecule has 0 fully saturated rings. The fourth-order valence-corrected chi connectivity index (χ4v) is 2.87. The summed E-state index contributed by atoms with van der Waals surface area (Å²) < 4.78 is 46.2. The van der Waals surface area contributed by atoms with Crippen molar-refractivity contribution in [2.75, 3.05) is 0 Å². The minimum absolute atomic E-state index is 0.174. The molecule has 128 valence electrons. The molecule has 0 radical (unpaired) electrons. The third kappa shape index (κ3) is 2.54. The maximum Gasteiger partial charge on any atom is 0.416 e. The van der Waals surface area contributed by atoms with Crippen molar-refractivity contribution in [3.05, 3.63) is 54.3 Å². The number of oxazole rings is 1. The predicted molar refractivity (Wildman–Crippen MR) is 86.0 cm³/mol. The number of hydrogen-bond donors (Lipinski definition) is 0. The van der Waals surface area contributed by atoms with Crippen LogP contribution in [0, 0.1) is 0 Å². The number of hydrogen-bond acceptors (Lipinski definition) is 4. The summed E-state index contributed by atoms with van der Waals surface area (Å²) in [5.74, 6) is 0.328. The lowest BCUT2D eigenvalue weighted by atomic mass is 9.82. The predicted octanol–water partition coefficient (Wildman–Crippen LogP) is 4.27. The molecular weight excluding hydrogens is 333 g/mol. The fraction of sp³-hybridized carbons (Fsp3) is 0.235. The summed E-state index contributed by atoms with van der Waals surface area (Å²) in [6.45, 7) is 1.90. The molecule has 1 atom stereocenters. The lowest BCUT2D eigenvalue weighted by Gasteiger charge is -2.29. The molecule has 0 saturated heterocycles. The van der Waals surface area contributed by atoms with Crippen molar-refractivity contribution in [2.45, 2.75) is 24.9 Å². The highest BCUT2D eigenvalue weighted by Gasteiger charge is 2.39. The second-order valence-electron chi connectivity index (χ2n) is 6.03. The van der Waals surface area contributed by atoms with Crippen molar-refractivity contribution in [1.29, 1.82) is 0 Å². The topological polar surface area (TPSA) is 56.2 Å². The van der Waals surface area contributed by atoms with Gasteiger partial charge in [0.25, 0.3) is 0 Å². The molecule has 3 aromatic rings. The molecule has 2 aromatic heterocycles. The molecule has 0 amide bonds. The van der Waals surface area contributed by atoms with Crippen LogP contribution in [0.2, 0.25) is 0 Å². The van der Waals surface area contributed by atoms with Gasteiger partial charge in [-0.3, -0.25) is 4.99 Å². The summed E-state index contributed by atoms with van der Waals surface area (Å²) >= 11 is 0. The van der Waals surface area contributed by atoms with Crippen LogP contribution < -0.4 is 0 Å². The Bertz CT molecular complexity index is 985. The molecule has 0 bridgehead atoms. The van der Waals surface area contributed by atoms with Gasteiger partial charge in [0.1, 0.15) is 5.52 Å². The number of halogens is 3. The molecular formula is C17H13F3N4O. The zero-order valence-electron chi connectivity index (χ0n) is 13.2. The average molecular weight is 346 g/mol. The molecule has 25 heavy (non-hydrogen) atoms. The van der Waals surface area contributed by atoms with Gasteiger partial charge in [0, 0.05) is 31.2 Å². The molecule has 1 unspecified atom stereocenters. The lowest BCUT2D eigenvalue weighted by Crippen LogP contribution is -2.30. The standard InChI is InChI=1S/C17H13F3N4O/c1-16(5-7-21-10-14(16)24-8-2-6-22-24)15-23-12-9-11(17(18,19)20)3-4-13(12)25-15/h2-4,6-10H,5H2,1H3. The summed E-state index contributed by atoms with van der Waals surface area (Å²) in [6, 6.07) is 5.07.